The molecule has 4 rings (SSSR count). The zero-order chi connectivity index (χ0) is 21.6. The van der Waals surface area contributed by atoms with E-state index in [0.29, 0.717) is 13.2 Å². The van der Waals surface area contributed by atoms with E-state index < -0.39 is 0 Å². The van der Waals surface area contributed by atoms with Crippen molar-refractivity contribution in [1.82, 2.24) is 25.1 Å². The second-order valence-corrected chi connectivity index (χ2v) is 7.40. The van der Waals surface area contributed by atoms with Gasteiger partial charge < -0.3 is 14.4 Å². The summed E-state index contributed by atoms with van der Waals surface area (Å²) in [7, 11) is 3.35. The first-order chi connectivity index (χ1) is 15.2. The highest BCUT2D eigenvalue weighted by atomic mass is 35.5. The average molecular weight is 463 g/mol. The lowest BCUT2D eigenvalue weighted by molar-refractivity contribution is 0.171. The van der Waals surface area contributed by atoms with Crippen molar-refractivity contribution in [2.75, 3.05) is 51.9 Å². The lowest BCUT2D eigenvalue weighted by Gasteiger charge is -2.40. The number of hydrogen-bond acceptors (Lipinski definition) is 7. The Morgan fingerprint density at radius 3 is 2.41 bits per heavy atom. The number of hydrogen-bond donors (Lipinski definition) is 0. The number of methoxy groups -OCH3 is 2. The Bertz CT molecular complexity index is 979. The SMILES string of the molecule is COCCn1nnnc1C(c1ccc(F)cc1)N1CCN(c2ccccc2OC)CC1.Cl. The molecule has 3 aromatic rings. The highest BCUT2D eigenvalue weighted by Gasteiger charge is 2.31. The molecule has 1 fully saturated rings. The summed E-state index contributed by atoms with van der Waals surface area (Å²) in [5.74, 6) is 1.34. The molecule has 2 aromatic carbocycles. The molecule has 0 N–H and O–H groups in total. The van der Waals surface area contributed by atoms with E-state index in [2.05, 4.69) is 31.4 Å². The Balaban J connectivity index is 0.00000289. The van der Waals surface area contributed by atoms with Gasteiger partial charge in [-0.25, -0.2) is 9.07 Å². The van der Waals surface area contributed by atoms with Crippen LogP contribution < -0.4 is 9.64 Å². The van der Waals surface area contributed by atoms with Gasteiger partial charge in [-0.1, -0.05) is 24.3 Å². The number of piperazine rings is 1. The van der Waals surface area contributed by atoms with Crippen molar-refractivity contribution >= 4 is 18.1 Å². The monoisotopic (exact) mass is 462 g/mol. The summed E-state index contributed by atoms with van der Waals surface area (Å²) in [6.07, 6.45) is 0. The maximum absolute atomic E-state index is 13.6. The third-order valence-corrected chi connectivity index (χ3v) is 5.60. The summed E-state index contributed by atoms with van der Waals surface area (Å²) < 4.78 is 26.1. The molecule has 0 radical (unpaired) electrons. The van der Waals surface area contributed by atoms with Gasteiger partial charge in [0.2, 0.25) is 0 Å². The minimum Gasteiger partial charge on any atom is -0.495 e. The van der Waals surface area contributed by atoms with Crippen molar-refractivity contribution in [2.45, 2.75) is 12.6 Å². The highest BCUT2D eigenvalue weighted by molar-refractivity contribution is 5.85. The number of benzene rings is 2. The third kappa shape index (κ3) is 5.17. The Kier molecular flexibility index (Phi) is 8.38. The second kappa shape index (κ2) is 11.2. The van der Waals surface area contributed by atoms with Crippen molar-refractivity contribution in [3.05, 3.63) is 65.7 Å². The largest absolute Gasteiger partial charge is 0.495 e. The molecule has 0 aliphatic carbocycles. The second-order valence-electron chi connectivity index (χ2n) is 7.40. The van der Waals surface area contributed by atoms with Gasteiger partial charge in [0.25, 0.3) is 0 Å². The Morgan fingerprint density at radius 1 is 1.00 bits per heavy atom. The fraction of sp³-hybridized carbons (Fsp3) is 0.409. The first kappa shape index (κ1) is 23.9. The first-order valence-corrected chi connectivity index (χ1v) is 10.3. The van der Waals surface area contributed by atoms with Crippen molar-refractivity contribution in [1.29, 1.82) is 0 Å². The van der Waals surface area contributed by atoms with Gasteiger partial charge in [0.1, 0.15) is 11.6 Å². The maximum atomic E-state index is 13.6. The lowest BCUT2D eigenvalue weighted by atomic mass is 10.0. The molecule has 0 amide bonds. The topological polar surface area (TPSA) is 68.5 Å². The quantitative estimate of drug-likeness (QED) is 0.510. The molecule has 8 nitrogen and oxygen atoms in total. The third-order valence-electron chi connectivity index (χ3n) is 5.60. The van der Waals surface area contributed by atoms with Gasteiger partial charge in [-0.2, -0.15) is 0 Å². The van der Waals surface area contributed by atoms with E-state index in [1.165, 1.54) is 12.1 Å². The van der Waals surface area contributed by atoms with Crippen LogP contribution in [0, 0.1) is 5.82 Å². The molecule has 1 unspecified atom stereocenters. The summed E-state index contributed by atoms with van der Waals surface area (Å²) in [5, 5.41) is 12.4. The van der Waals surface area contributed by atoms with Gasteiger partial charge in [0.05, 0.1) is 32.0 Å². The molecule has 1 saturated heterocycles. The van der Waals surface area contributed by atoms with Crippen LogP contribution >= 0.6 is 12.4 Å². The van der Waals surface area contributed by atoms with Crippen molar-refractivity contribution in [3.8, 4) is 5.75 Å². The van der Waals surface area contributed by atoms with Crippen molar-refractivity contribution in [3.63, 3.8) is 0 Å². The van der Waals surface area contributed by atoms with Gasteiger partial charge in [0, 0.05) is 33.3 Å². The number of anilines is 1. The predicted octanol–water partition coefficient (Wildman–Crippen LogP) is 2.80. The summed E-state index contributed by atoms with van der Waals surface area (Å²) in [4.78, 5) is 4.67. The van der Waals surface area contributed by atoms with Gasteiger partial charge in [0.15, 0.2) is 5.82 Å². The molecule has 1 aliphatic heterocycles. The van der Waals surface area contributed by atoms with Crippen LogP contribution in [0.1, 0.15) is 17.4 Å². The molecule has 0 bridgehead atoms. The van der Waals surface area contributed by atoms with Crippen LogP contribution in [-0.4, -0.2) is 72.1 Å². The van der Waals surface area contributed by atoms with Crippen LogP contribution in [0.2, 0.25) is 0 Å². The molecular weight excluding hydrogens is 435 g/mol. The van der Waals surface area contributed by atoms with Crippen LogP contribution in [0.5, 0.6) is 5.75 Å². The van der Waals surface area contributed by atoms with Crippen LogP contribution in [0.4, 0.5) is 10.1 Å². The summed E-state index contributed by atoms with van der Waals surface area (Å²) in [6, 6.07) is 14.5. The summed E-state index contributed by atoms with van der Waals surface area (Å²) in [5.41, 5.74) is 2.05. The number of halogens is 2. The molecule has 0 spiro atoms. The van der Waals surface area contributed by atoms with E-state index in [0.717, 1.165) is 49.0 Å². The van der Waals surface area contributed by atoms with E-state index in [1.54, 1.807) is 18.9 Å². The van der Waals surface area contributed by atoms with E-state index in [9.17, 15) is 4.39 Å². The molecule has 172 valence electrons. The van der Waals surface area contributed by atoms with Gasteiger partial charge in [-0.05, 0) is 40.3 Å². The molecule has 1 aliphatic rings. The van der Waals surface area contributed by atoms with Crippen LogP contribution in [0.25, 0.3) is 0 Å². The Morgan fingerprint density at radius 2 is 1.72 bits per heavy atom. The van der Waals surface area contributed by atoms with Crippen molar-refractivity contribution in [2.24, 2.45) is 0 Å². The zero-order valence-corrected chi connectivity index (χ0v) is 19.0. The number of tetrazole rings is 1. The molecule has 0 saturated carbocycles. The fourth-order valence-corrected chi connectivity index (χ4v) is 4.02. The zero-order valence-electron chi connectivity index (χ0n) is 18.2. The van der Waals surface area contributed by atoms with E-state index in [-0.39, 0.29) is 24.3 Å². The molecule has 10 heteroatoms. The number of aromatic nitrogens is 4. The number of ether oxygens (including phenoxy) is 2. The van der Waals surface area contributed by atoms with E-state index in [1.807, 2.05) is 30.3 Å². The first-order valence-electron chi connectivity index (χ1n) is 10.3. The average Bonchev–Trinajstić information content (AvgIpc) is 3.27. The minimum absolute atomic E-state index is 0. The van der Waals surface area contributed by atoms with E-state index >= 15 is 0 Å². The molecule has 32 heavy (non-hydrogen) atoms. The highest BCUT2D eigenvalue weighted by Crippen LogP contribution is 2.32. The summed E-state index contributed by atoms with van der Waals surface area (Å²) >= 11 is 0. The number of para-hydroxylation sites is 2. The molecule has 2 heterocycles. The van der Waals surface area contributed by atoms with Gasteiger partial charge >= 0.3 is 0 Å². The Hall–Kier alpha value is -2.75. The predicted molar refractivity (Wildman–Crippen MR) is 122 cm³/mol. The molecule has 1 aromatic heterocycles. The fourth-order valence-electron chi connectivity index (χ4n) is 4.02. The number of rotatable bonds is 8. The smallest absolute Gasteiger partial charge is 0.173 e. The minimum atomic E-state index is -0.262. The summed E-state index contributed by atoms with van der Waals surface area (Å²) in [6.45, 7) is 4.33. The standard InChI is InChI=1S/C22H27FN6O2.ClH/c1-30-16-15-29-22(24-25-26-29)21(17-7-9-18(23)10-8-17)28-13-11-27(12-14-28)19-5-3-4-6-20(19)31-2;/h3-10,21H,11-16H2,1-2H3;1H. The normalized spacial score (nSPS) is 15.3. The van der Waals surface area contributed by atoms with Crippen LogP contribution in [-0.2, 0) is 11.3 Å². The van der Waals surface area contributed by atoms with Gasteiger partial charge in [-0.3, -0.25) is 4.90 Å². The van der Waals surface area contributed by atoms with Crippen LogP contribution in [0.3, 0.4) is 0 Å². The van der Waals surface area contributed by atoms with Crippen molar-refractivity contribution < 1.29 is 13.9 Å². The maximum Gasteiger partial charge on any atom is 0.173 e. The van der Waals surface area contributed by atoms with Crippen LogP contribution in [0.15, 0.2) is 48.5 Å². The van der Waals surface area contributed by atoms with E-state index in [4.69, 9.17) is 9.47 Å². The lowest BCUT2D eigenvalue weighted by Crippen LogP contribution is -2.48. The number of nitrogens with zero attached hydrogens (tertiary/aromatic N) is 6. The molecule has 1 atom stereocenters. The molecular formula is C22H28ClFN6O2. The Labute approximate surface area is 193 Å². The van der Waals surface area contributed by atoms with Gasteiger partial charge in [-0.15, -0.1) is 17.5 Å².